The second kappa shape index (κ2) is 6.68. The molecule has 0 aliphatic rings. The van der Waals surface area contributed by atoms with Crippen molar-refractivity contribution >= 4 is 27.5 Å². The molecule has 0 aliphatic carbocycles. The number of anilines is 1. The molecule has 0 aromatic heterocycles. The van der Waals surface area contributed by atoms with Gasteiger partial charge in [0.1, 0.15) is 0 Å². The molecule has 0 spiro atoms. The fourth-order valence-corrected chi connectivity index (χ4v) is 2.10. The number of carbonyl (C=O) groups is 1. The van der Waals surface area contributed by atoms with Crippen LogP contribution in [0.15, 0.2) is 53.0 Å². The Balaban J connectivity index is 1.95. The highest BCUT2D eigenvalue weighted by molar-refractivity contribution is 9.10. The first-order valence-corrected chi connectivity index (χ1v) is 7.16. The largest absolute Gasteiger partial charge is 0.389 e. The van der Waals surface area contributed by atoms with Crippen molar-refractivity contribution in [1.82, 2.24) is 0 Å². The van der Waals surface area contributed by atoms with Gasteiger partial charge in [0, 0.05) is 10.2 Å². The van der Waals surface area contributed by atoms with Crippen LogP contribution in [0.2, 0.25) is 0 Å². The molecule has 0 aliphatic heterocycles. The minimum Gasteiger partial charge on any atom is -0.389 e. The zero-order chi connectivity index (χ0) is 14.5. The number of hydrogen-bond acceptors (Lipinski definition) is 2. The number of halogens is 1. The van der Waals surface area contributed by atoms with Gasteiger partial charge in [-0.15, -0.1) is 0 Å². The van der Waals surface area contributed by atoms with Crippen molar-refractivity contribution in [2.45, 2.75) is 19.4 Å². The maximum atomic E-state index is 11.9. The second-order valence-corrected chi connectivity index (χ2v) is 5.57. The van der Waals surface area contributed by atoms with Gasteiger partial charge >= 0.3 is 0 Å². The first-order valence-electron chi connectivity index (χ1n) is 6.37. The summed E-state index contributed by atoms with van der Waals surface area (Å²) in [5.41, 5.74) is 2.53. The monoisotopic (exact) mass is 333 g/mol. The van der Waals surface area contributed by atoms with Crippen molar-refractivity contribution in [2.75, 3.05) is 5.32 Å². The molecule has 0 saturated carbocycles. The number of carbonyl (C=O) groups excluding carboxylic acids is 1. The SMILES string of the molecule is C[C@@H](O)c1ccc(NC(=O)Cc2ccc(Br)cc2)cc1. The molecule has 0 bridgehead atoms. The number of benzene rings is 2. The Morgan fingerprint density at radius 2 is 1.75 bits per heavy atom. The molecule has 104 valence electrons. The number of nitrogens with one attached hydrogen (secondary N) is 1. The third kappa shape index (κ3) is 4.18. The van der Waals surface area contributed by atoms with Gasteiger partial charge in [-0.2, -0.15) is 0 Å². The number of rotatable bonds is 4. The minimum atomic E-state index is -0.498. The Labute approximate surface area is 126 Å². The molecular weight excluding hydrogens is 318 g/mol. The lowest BCUT2D eigenvalue weighted by molar-refractivity contribution is -0.115. The topological polar surface area (TPSA) is 49.3 Å². The second-order valence-electron chi connectivity index (χ2n) is 4.65. The van der Waals surface area contributed by atoms with Crippen LogP contribution >= 0.6 is 15.9 Å². The molecular formula is C16H16BrNO2. The first kappa shape index (κ1) is 14.8. The van der Waals surface area contributed by atoms with E-state index >= 15 is 0 Å². The van der Waals surface area contributed by atoms with E-state index in [1.165, 1.54) is 0 Å². The molecule has 2 aromatic rings. The van der Waals surface area contributed by atoms with Gasteiger partial charge in [0.15, 0.2) is 0 Å². The van der Waals surface area contributed by atoms with Gasteiger partial charge in [0.25, 0.3) is 0 Å². The number of aliphatic hydroxyl groups excluding tert-OH is 1. The van der Waals surface area contributed by atoms with Crippen LogP contribution in [-0.4, -0.2) is 11.0 Å². The molecule has 0 radical (unpaired) electrons. The lowest BCUT2D eigenvalue weighted by Gasteiger charge is -2.08. The predicted molar refractivity (Wildman–Crippen MR) is 83.6 cm³/mol. The van der Waals surface area contributed by atoms with Crippen molar-refractivity contribution < 1.29 is 9.90 Å². The van der Waals surface area contributed by atoms with Crippen LogP contribution in [0, 0.1) is 0 Å². The van der Waals surface area contributed by atoms with Crippen LogP contribution in [0.3, 0.4) is 0 Å². The average Bonchev–Trinajstić information content (AvgIpc) is 2.42. The van der Waals surface area contributed by atoms with Gasteiger partial charge in [-0.3, -0.25) is 4.79 Å². The highest BCUT2D eigenvalue weighted by atomic mass is 79.9. The third-order valence-corrected chi connectivity index (χ3v) is 3.48. The van der Waals surface area contributed by atoms with Crippen LogP contribution in [0.4, 0.5) is 5.69 Å². The zero-order valence-electron chi connectivity index (χ0n) is 11.1. The van der Waals surface area contributed by atoms with Crippen molar-refractivity contribution in [3.63, 3.8) is 0 Å². The van der Waals surface area contributed by atoms with E-state index in [1.807, 2.05) is 24.3 Å². The summed E-state index contributed by atoms with van der Waals surface area (Å²) in [5.74, 6) is -0.0582. The van der Waals surface area contributed by atoms with E-state index in [0.29, 0.717) is 6.42 Å². The van der Waals surface area contributed by atoms with Crippen molar-refractivity contribution in [2.24, 2.45) is 0 Å². The molecule has 2 rings (SSSR count). The smallest absolute Gasteiger partial charge is 0.228 e. The van der Waals surface area contributed by atoms with Crippen LogP contribution in [0.25, 0.3) is 0 Å². The summed E-state index contributed by atoms with van der Waals surface area (Å²) in [6, 6.07) is 14.9. The van der Waals surface area contributed by atoms with E-state index in [0.717, 1.165) is 21.3 Å². The third-order valence-electron chi connectivity index (χ3n) is 2.95. The molecule has 0 saturated heterocycles. The van der Waals surface area contributed by atoms with E-state index in [1.54, 1.807) is 31.2 Å². The van der Waals surface area contributed by atoms with Crippen LogP contribution in [0.1, 0.15) is 24.2 Å². The molecule has 0 unspecified atom stereocenters. The van der Waals surface area contributed by atoms with E-state index in [4.69, 9.17) is 0 Å². The quantitative estimate of drug-likeness (QED) is 0.896. The van der Waals surface area contributed by atoms with Crippen molar-refractivity contribution in [1.29, 1.82) is 0 Å². The molecule has 1 atom stereocenters. The highest BCUT2D eigenvalue weighted by Crippen LogP contribution is 2.16. The van der Waals surface area contributed by atoms with Crippen molar-refractivity contribution in [3.8, 4) is 0 Å². The lowest BCUT2D eigenvalue weighted by Crippen LogP contribution is -2.14. The Morgan fingerprint density at radius 3 is 2.30 bits per heavy atom. The predicted octanol–water partition coefficient (Wildman–Crippen LogP) is 3.68. The normalized spacial score (nSPS) is 11.9. The number of aliphatic hydroxyl groups is 1. The van der Waals surface area contributed by atoms with Gasteiger partial charge in [0.05, 0.1) is 12.5 Å². The Hall–Kier alpha value is -1.65. The van der Waals surface area contributed by atoms with E-state index < -0.39 is 6.10 Å². The summed E-state index contributed by atoms with van der Waals surface area (Å²) in [6.07, 6.45) is -0.159. The molecule has 20 heavy (non-hydrogen) atoms. The first-order chi connectivity index (χ1) is 9.54. The van der Waals surface area contributed by atoms with E-state index in [9.17, 15) is 9.90 Å². The van der Waals surface area contributed by atoms with Gasteiger partial charge in [-0.25, -0.2) is 0 Å². The summed E-state index contributed by atoms with van der Waals surface area (Å²) >= 11 is 3.36. The summed E-state index contributed by atoms with van der Waals surface area (Å²) in [7, 11) is 0. The maximum Gasteiger partial charge on any atom is 0.228 e. The molecule has 3 nitrogen and oxygen atoms in total. The summed E-state index contributed by atoms with van der Waals surface area (Å²) in [5, 5.41) is 12.3. The molecule has 2 aromatic carbocycles. The zero-order valence-corrected chi connectivity index (χ0v) is 12.7. The van der Waals surface area contributed by atoms with Gasteiger partial charge in [-0.05, 0) is 42.3 Å². The van der Waals surface area contributed by atoms with Crippen molar-refractivity contribution in [3.05, 3.63) is 64.1 Å². The molecule has 0 heterocycles. The molecule has 0 fully saturated rings. The molecule has 4 heteroatoms. The van der Waals surface area contributed by atoms with Gasteiger partial charge in [-0.1, -0.05) is 40.2 Å². The Kier molecular flexibility index (Phi) is 4.93. The fourth-order valence-electron chi connectivity index (χ4n) is 1.84. The van der Waals surface area contributed by atoms with Crippen LogP contribution < -0.4 is 5.32 Å². The summed E-state index contributed by atoms with van der Waals surface area (Å²) in [6.45, 7) is 1.71. The van der Waals surface area contributed by atoms with E-state index in [2.05, 4.69) is 21.2 Å². The summed E-state index contributed by atoms with van der Waals surface area (Å²) in [4.78, 5) is 11.9. The fraction of sp³-hybridized carbons (Fsp3) is 0.188. The standard InChI is InChI=1S/C16H16BrNO2/c1-11(19)13-4-8-15(9-5-13)18-16(20)10-12-2-6-14(17)7-3-12/h2-9,11,19H,10H2,1H3,(H,18,20)/t11-/m1/s1. The molecule has 2 N–H and O–H groups in total. The Morgan fingerprint density at radius 1 is 1.15 bits per heavy atom. The van der Waals surface area contributed by atoms with Crippen LogP contribution in [-0.2, 0) is 11.2 Å². The summed E-state index contributed by atoms with van der Waals surface area (Å²) < 4.78 is 0.996. The van der Waals surface area contributed by atoms with Crippen LogP contribution in [0.5, 0.6) is 0 Å². The number of hydrogen-bond donors (Lipinski definition) is 2. The van der Waals surface area contributed by atoms with E-state index in [-0.39, 0.29) is 5.91 Å². The Bertz CT molecular complexity index is 576. The maximum absolute atomic E-state index is 11.9. The van der Waals surface area contributed by atoms with Gasteiger partial charge in [0.2, 0.25) is 5.91 Å². The number of amides is 1. The highest BCUT2D eigenvalue weighted by Gasteiger charge is 2.05. The van der Waals surface area contributed by atoms with Gasteiger partial charge < -0.3 is 10.4 Å². The lowest BCUT2D eigenvalue weighted by atomic mass is 10.1. The average molecular weight is 334 g/mol. The minimum absolute atomic E-state index is 0.0582. The molecule has 1 amide bonds.